The quantitative estimate of drug-likeness (QED) is 0.726. The van der Waals surface area contributed by atoms with Crippen LogP contribution < -0.4 is 5.32 Å². The highest BCUT2D eigenvalue weighted by molar-refractivity contribution is 7.99. The van der Waals surface area contributed by atoms with Crippen molar-refractivity contribution in [3.8, 4) is 0 Å². The Morgan fingerprint density at radius 3 is 2.62 bits per heavy atom. The number of carbonyl (C=O) groups excluding carboxylic acids is 1. The van der Waals surface area contributed by atoms with Crippen LogP contribution >= 0.6 is 11.8 Å². The predicted octanol–water partition coefficient (Wildman–Crippen LogP) is 3.21. The first-order valence-corrected chi connectivity index (χ1v) is 7.75. The Morgan fingerprint density at radius 1 is 1.31 bits per heavy atom. The minimum Gasteiger partial charge on any atom is -0.353 e. The van der Waals surface area contributed by atoms with E-state index in [4.69, 9.17) is 0 Å². The zero-order valence-electron chi connectivity index (χ0n) is 10.6. The van der Waals surface area contributed by atoms with Crippen LogP contribution in [0, 0.1) is 5.92 Å². The number of carbonyl (C=O) groups is 1. The highest BCUT2D eigenvalue weighted by Crippen LogP contribution is 2.23. The summed E-state index contributed by atoms with van der Waals surface area (Å²) in [6, 6.07) is 0.454. The molecular weight excluding hydrogens is 218 g/mol. The summed E-state index contributed by atoms with van der Waals surface area (Å²) < 4.78 is 0. The number of rotatable bonds is 6. The zero-order chi connectivity index (χ0) is 11.8. The summed E-state index contributed by atoms with van der Waals surface area (Å²) in [4.78, 5) is 11.6. The summed E-state index contributed by atoms with van der Waals surface area (Å²) in [7, 11) is 0. The maximum absolute atomic E-state index is 11.6. The van der Waals surface area contributed by atoms with E-state index in [0.29, 0.717) is 11.8 Å². The van der Waals surface area contributed by atoms with Gasteiger partial charge in [0.05, 0.1) is 5.75 Å². The molecule has 1 aliphatic carbocycles. The minimum atomic E-state index is 0.237. The molecule has 0 radical (unpaired) electrons. The first kappa shape index (κ1) is 13.9. The van der Waals surface area contributed by atoms with Crippen molar-refractivity contribution < 1.29 is 4.79 Å². The Bertz CT molecular complexity index is 200. The second-order valence-corrected chi connectivity index (χ2v) is 6.04. The fourth-order valence-corrected chi connectivity index (χ4v) is 2.99. The highest BCUT2D eigenvalue weighted by Gasteiger charge is 2.19. The van der Waals surface area contributed by atoms with Crippen molar-refractivity contribution in [1.29, 1.82) is 0 Å². The Balaban J connectivity index is 2.05. The van der Waals surface area contributed by atoms with Crippen molar-refractivity contribution in [1.82, 2.24) is 5.32 Å². The fourth-order valence-electron chi connectivity index (χ4n) is 2.09. The van der Waals surface area contributed by atoms with Crippen LogP contribution in [0.25, 0.3) is 0 Å². The van der Waals surface area contributed by atoms with E-state index in [1.54, 1.807) is 11.8 Å². The molecule has 2 nitrogen and oxygen atoms in total. The molecule has 0 unspecified atom stereocenters. The Kier molecular flexibility index (Phi) is 6.93. The number of hydrogen-bond acceptors (Lipinski definition) is 2. The summed E-state index contributed by atoms with van der Waals surface area (Å²) >= 11 is 1.76. The van der Waals surface area contributed by atoms with E-state index in [1.165, 1.54) is 38.5 Å². The maximum atomic E-state index is 11.6. The first-order chi connectivity index (χ1) is 7.72. The SMILES string of the molecule is CCCCSCC(=O)NC1CCC(C)CC1. The zero-order valence-corrected chi connectivity index (χ0v) is 11.4. The lowest BCUT2D eigenvalue weighted by atomic mass is 9.87. The van der Waals surface area contributed by atoms with Gasteiger partial charge in [0, 0.05) is 6.04 Å². The van der Waals surface area contributed by atoms with Crippen LogP contribution in [0.5, 0.6) is 0 Å². The standard InChI is InChI=1S/C13H25NOS/c1-3-4-9-16-10-13(15)14-12-7-5-11(2)6-8-12/h11-12H,3-10H2,1-2H3,(H,14,15). The van der Waals surface area contributed by atoms with E-state index in [0.717, 1.165) is 11.7 Å². The van der Waals surface area contributed by atoms with Gasteiger partial charge < -0.3 is 5.32 Å². The van der Waals surface area contributed by atoms with Crippen LogP contribution in [-0.2, 0) is 4.79 Å². The van der Waals surface area contributed by atoms with Gasteiger partial charge in [-0.05, 0) is 43.8 Å². The largest absolute Gasteiger partial charge is 0.353 e. The lowest BCUT2D eigenvalue weighted by Crippen LogP contribution is -2.38. The van der Waals surface area contributed by atoms with E-state index in [1.807, 2.05) is 0 Å². The van der Waals surface area contributed by atoms with Crippen LogP contribution in [0.4, 0.5) is 0 Å². The van der Waals surface area contributed by atoms with Crippen LogP contribution in [0.2, 0.25) is 0 Å². The van der Waals surface area contributed by atoms with Gasteiger partial charge in [0.15, 0.2) is 0 Å². The van der Waals surface area contributed by atoms with E-state index >= 15 is 0 Å². The van der Waals surface area contributed by atoms with Gasteiger partial charge in [-0.3, -0.25) is 4.79 Å². The van der Waals surface area contributed by atoms with Crippen molar-refractivity contribution in [2.75, 3.05) is 11.5 Å². The molecule has 94 valence electrons. The third-order valence-electron chi connectivity index (χ3n) is 3.26. The van der Waals surface area contributed by atoms with Crippen LogP contribution in [0.15, 0.2) is 0 Å². The molecule has 0 aromatic heterocycles. The molecule has 0 atom stereocenters. The van der Waals surface area contributed by atoms with Crippen molar-refractivity contribution in [2.24, 2.45) is 5.92 Å². The second-order valence-electron chi connectivity index (χ2n) is 4.93. The molecule has 0 aliphatic heterocycles. The topological polar surface area (TPSA) is 29.1 Å². The van der Waals surface area contributed by atoms with Gasteiger partial charge in [0.25, 0.3) is 0 Å². The van der Waals surface area contributed by atoms with Gasteiger partial charge >= 0.3 is 0 Å². The summed E-state index contributed by atoms with van der Waals surface area (Å²) in [6.07, 6.45) is 7.33. The van der Waals surface area contributed by atoms with E-state index in [2.05, 4.69) is 19.2 Å². The van der Waals surface area contributed by atoms with Gasteiger partial charge in [-0.15, -0.1) is 0 Å². The lowest BCUT2D eigenvalue weighted by molar-refractivity contribution is -0.119. The van der Waals surface area contributed by atoms with Crippen molar-refractivity contribution in [3.05, 3.63) is 0 Å². The van der Waals surface area contributed by atoms with Gasteiger partial charge in [0.2, 0.25) is 5.91 Å². The third kappa shape index (κ3) is 5.78. The molecule has 0 aromatic carbocycles. The molecule has 3 heteroatoms. The molecule has 16 heavy (non-hydrogen) atoms. The maximum Gasteiger partial charge on any atom is 0.230 e. The summed E-state index contributed by atoms with van der Waals surface area (Å²) in [5.41, 5.74) is 0. The average Bonchev–Trinajstić information content (AvgIpc) is 2.28. The molecule has 1 rings (SSSR count). The fraction of sp³-hybridized carbons (Fsp3) is 0.923. The Labute approximate surface area is 104 Å². The number of hydrogen-bond donors (Lipinski definition) is 1. The van der Waals surface area contributed by atoms with Crippen LogP contribution in [-0.4, -0.2) is 23.5 Å². The summed E-state index contributed by atoms with van der Waals surface area (Å²) in [5, 5.41) is 3.16. The smallest absolute Gasteiger partial charge is 0.230 e. The molecule has 0 spiro atoms. The first-order valence-electron chi connectivity index (χ1n) is 6.59. The molecule has 0 aromatic rings. The normalized spacial score (nSPS) is 25.4. The van der Waals surface area contributed by atoms with Crippen molar-refractivity contribution in [3.63, 3.8) is 0 Å². The summed E-state index contributed by atoms with van der Waals surface area (Å²) in [5.74, 6) is 2.85. The number of amides is 1. The van der Waals surface area contributed by atoms with Crippen LogP contribution in [0.1, 0.15) is 52.4 Å². The minimum absolute atomic E-state index is 0.237. The van der Waals surface area contributed by atoms with Gasteiger partial charge in [0.1, 0.15) is 0 Å². The second kappa shape index (κ2) is 7.99. The molecule has 0 saturated heterocycles. The van der Waals surface area contributed by atoms with Gasteiger partial charge in [-0.2, -0.15) is 11.8 Å². The molecular formula is C13H25NOS. The molecule has 1 amide bonds. The lowest BCUT2D eigenvalue weighted by Gasteiger charge is -2.26. The van der Waals surface area contributed by atoms with Gasteiger partial charge in [-0.25, -0.2) is 0 Å². The molecule has 1 saturated carbocycles. The molecule has 1 aliphatic rings. The number of nitrogens with one attached hydrogen (secondary N) is 1. The van der Waals surface area contributed by atoms with Gasteiger partial charge in [-0.1, -0.05) is 20.3 Å². The highest BCUT2D eigenvalue weighted by atomic mass is 32.2. The van der Waals surface area contributed by atoms with Crippen molar-refractivity contribution >= 4 is 17.7 Å². The average molecular weight is 243 g/mol. The third-order valence-corrected chi connectivity index (χ3v) is 4.30. The van der Waals surface area contributed by atoms with Crippen LogP contribution in [0.3, 0.4) is 0 Å². The number of unbranched alkanes of at least 4 members (excludes halogenated alkanes) is 1. The van der Waals surface area contributed by atoms with E-state index in [-0.39, 0.29) is 5.91 Å². The molecule has 1 fully saturated rings. The number of thioether (sulfide) groups is 1. The van der Waals surface area contributed by atoms with Crippen molar-refractivity contribution in [2.45, 2.75) is 58.4 Å². The Morgan fingerprint density at radius 2 is 2.00 bits per heavy atom. The van der Waals surface area contributed by atoms with E-state index < -0.39 is 0 Å². The molecule has 0 heterocycles. The molecule has 1 N–H and O–H groups in total. The predicted molar refractivity (Wildman–Crippen MR) is 71.8 cm³/mol. The summed E-state index contributed by atoms with van der Waals surface area (Å²) in [6.45, 7) is 4.49. The monoisotopic (exact) mass is 243 g/mol. The van der Waals surface area contributed by atoms with E-state index in [9.17, 15) is 4.79 Å². The Hall–Kier alpha value is -0.180. The molecule has 0 bridgehead atoms.